The Kier molecular flexibility index (Phi) is 4.73. The van der Waals surface area contributed by atoms with Gasteiger partial charge in [-0.3, -0.25) is 0 Å². The van der Waals surface area contributed by atoms with Gasteiger partial charge in [-0.1, -0.05) is 12.8 Å². The summed E-state index contributed by atoms with van der Waals surface area (Å²) in [7, 11) is 0. The fourth-order valence-electron chi connectivity index (χ4n) is 1.62. The monoisotopic (exact) mass is 200 g/mol. The highest BCUT2D eigenvalue weighted by Crippen LogP contribution is 2.09. The molecule has 0 aromatic carbocycles. The van der Waals surface area contributed by atoms with Gasteiger partial charge >= 0.3 is 6.03 Å². The van der Waals surface area contributed by atoms with Crippen molar-refractivity contribution in [1.82, 2.24) is 10.2 Å². The minimum atomic E-state index is -0.147. The largest absolute Gasteiger partial charge is 0.394 e. The van der Waals surface area contributed by atoms with E-state index in [9.17, 15) is 4.79 Å². The van der Waals surface area contributed by atoms with E-state index >= 15 is 0 Å². The Bertz CT molecular complexity index is 177. The van der Waals surface area contributed by atoms with Crippen LogP contribution in [0.5, 0.6) is 0 Å². The van der Waals surface area contributed by atoms with Crippen LogP contribution in [0.15, 0.2) is 0 Å². The zero-order valence-corrected chi connectivity index (χ0v) is 8.83. The number of nitrogens with one attached hydrogen (secondary N) is 1. The van der Waals surface area contributed by atoms with Crippen LogP contribution < -0.4 is 5.32 Å². The number of urea groups is 1. The fourth-order valence-corrected chi connectivity index (χ4v) is 1.62. The van der Waals surface area contributed by atoms with Crippen LogP contribution in [0.25, 0.3) is 0 Å². The molecule has 1 aliphatic heterocycles. The first-order chi connectivity index (χ1) is 6.74. The number of nitrogens with zero attached hydrogens (tertiary/aromatic N) is 1. The molecule has 1 saturated heterocycles. The molecule has 4 heteroatoms. The van der Waals surface area contributed by atoms with E-state index < -0.39 is 0 Å². The number of hydrogen-bond acceptors (Lipinski definition) is 2. The lowest BCUT2D eigenvalue weighted by Gasteiger charge is -2.22. The second-order valence-electron chi connectivity index (χ2n) is 3.93. The standard InChI is InChI=1S/C10H20N2O2/c1-9(8-13)11-10(14)12-6-4-2-3-5-7-12/h9,13H,2-8H2,1H3,(H,11,14)/t9-/m0/s1. The minimum Gasteiger partial charge on any atom is -0.394 e. The van der Waals surface area contributed by atoms with Crippen molar-refractivity contribution in [3.63, 3.8) is 0 Å². The van der Waals surface area contributed by atoms with Crippen LogP contribution in [0.3, 0.4) is 0 Å². The number of carbonyl (C=O) groups is 1. The summed E-state index contributed by atoms with van der Waals surface area (Å²) in [5.74, 6) is 0. The molecular formula is C10H20N2O2. The summed E-state index contributed by atoms with van der Waals surface area (Å²) in [5, 5.41) is 11.6. The van der Waals surface area contributed by atoms with Crippen molar-refractivity contribution in [2.24, 2.45) is 0 Å². The van der Waals surface area contributed by atoms with Crippen LogP contribution in [-0.4, -0.2) is 41.8 Å². The highest BCUT2D eigenvalue weighted by Gasteiger charge is 2.16. The number of aliphatic hydroxyl groups is 1. The quantitative estimate of drug-likeness (QED) is 0.697. The van der Waals surface area contributed by atoms with Gasteiger partial charge in [0.2, 0.25) is 0 Å². The molecule has 1 heterocycles. The third kappa shape index (κ3) is 3.54. The highest BCUT2D eigenvalue weighted by molar-refractivity contribution is 5.74. The van der Waals surface area contributed by atoms with Crippen molar-refractivity contribution in [2.75, 3.05) is 19.7 Å². The summed E-state index contributed by atoms with van der Waals surface area (Å²) in [6.07, 6.45) is 4.64. The predicted molar refractivity (Wildman–Crippen MR) is 55.1 cm³/mol. The third-order valence-corrected chi connectivity index (χ3v) is 2.54. The predicted octanol–water partition coefficient (Wildman–Crippen LogP) is 0.953. The van der Waals surface area contributed by atoms with Crippen LogP contribution in [0.1, 0.15) is 32.6 Å². The number of carbonyl (C=O) groups excluding carboxylic acids is 1. The first-order valence-corrected chi connectivity index (χ1v) is 5.40. The zero-order chi connectivity index (χ0) is 10.4. The molecule has 0 radical (unpaired) electrons. The lowest BCUT2D eigenvalue weighted by Crippen LogP contribution is -2.45. The maximum absolute atomic E-state index is 11.6. The second kappa shape index (κ2) is 5.86. The van der Waals surface area contributed by atoms with E-state index in [1.807, 2.05) is 4.90 Å². The van der Waals surface area contributed by atoms with E-state index in [4.69, 9.17) is 5.11 Å². The van der Waals surface area contributed by atoms with Gasteiger partial charge < -0.3 is 15.3 Å². The molecule has 1 fully saturated rings. The smallest absolute Gasteiger partial charge is 0.317 e. The average molecular weight is 200 g/mol. The van der Waals surface area contributed by atoms with Gasteiger partial charge in [-0.2, -0.15) is 0 Å². The van der Waals surface area contributed by atoms with E-state index in [-0.39, 0.29) is 18.7 Å². The molecule has 1 aliphatic rings. The molecule has 82 valence electrons. The molecule has 0 spiro atoms. The number of rotatable bonds is 2. The fraction of sp³-hybridized carbons (Fsp3) is 0.900. The van der Waals surface area contributed by atoms with Gasteiger partial charge in [0.05, 0.1) is 12.6 Å². The van der Waals surface area contributed by atoms with Gasteiger partial charge in [0.25, 0.3) is 0 Å². The van der Waals surface area contributed by atoms with Crippen molar-refractivity contribution < 1.29 is 9.90 Å². The van der Waals surface area contributed by atoms with Gasteiger partial charge in [0.15, 0.2) is 0 Å². The molecular weight excluding hydrogens is 180 g/mol. The van der Waals surface area contributed by atoms with Gasteiger partial charge in [0.1, 0.15) is 0 Å². The molecule has 0 saturated carbocycles. The zero-order valence-electron chi connectivity index (χ0n) is 8.83. The molecule has 1 atom stereocenters. The molecule has 0 aliphatic carbocycles. The van der Waals surface area contributed by atoms with Crippen molar-refractivity contribution in [3.05, 3.63) is 0 Å². The topological polar surface area (TPSA) is 52.6 Å². The van der Waals surface area contributed by atoms with E-state index in [1.54, 1.807) is 6.92 Å². The number of likely N-dealkylation sites (tertiary alicyclic amines) is 1. The number of aliphatic hydroxyl groups excluding tert-OH is 1. The maximum atomic E-state index is 11.6. The molecule has 0 aromatic heterocycles. The number of hydrogen-bond donors (Lipinski definition) is 2. The molecule has 14 heavy (non-hydrogen) atoms. The van der Waals surface area contributed by atoms with Crippen LogP contribution in [0, 0.1) is 0 Å². The SMILES string of the molecule is C[C@@H](CO)NC(=O)N1CCCCCC1. The summed E-state index contributed by atoms with van der Waals surface area (Å²) in [6, 6.07) is -0.181. The van der Waals surface area contributed by atoms with Gasteiger partial charge in [-0.05, 0) is 19.8 Å². The summed E-state index contributed by atoms with van der Waals surface area (Å²) < 4.78 is 0. The summed E-state index contributed by atoms with van der Waals surface area (Å²) >= 11 is 0. The van der Waals surface area contributed by atoms with Gasteiger partial charge in [0, 0.05) is 13.1 Å². The average Bonchev–Trinajstić information content (AvgIpc) is 2.45. The molecule has 0 bridgehead atoms. The van der Waals surface area contributed by atoms with Crippen LogP contribution in [0.2, 0.25) is 0 Å². The Labute approximate surface area is 85.3 Å². The first kappa shape index (κ1) is 11.3. The van der Waals surface area contributed by atoms with Crippen molar-refractivity contribution >= 4 is 6.03 Å². The summed E-state index contributed by atoms with van der Waals surface area (Å²) in [4.78, 5) is 13.5. The molecule has 4 nitrogen and oxygen atoms in total. The Balaban J connectivity index is 2.34. The summed E-state index contributed by atoms with van der Waals surface area (Å²) in [5.41, 5.74) is 0. The minimum absolute atomic E-state index is 0.000417. The van der Waals surface area contributed by atoms with E-state index in [1.165, 1.54) is 12.8 Å². The van der Waals surface area contributed by atoms with Gasteiger partial charge in [-0.25, -0.2) is 4.79 Å². The molecule has 1 rings (SSSR count). The molecule has 0 unspecified atom stereocenters. The van der Waals surface area contributed by atoms with Crippen LogP contribution in [0.4, 0.5) is 4.79 Å². The Morgan fingerprint density at radius 1 is 1.36 bits per heavy atom. The lowest BCUT2D eigenvalue weighted by molar-refractivity contribution is 0.186. The lowest BCUT2D eigenvalue weighted by atomic mass is 10.2. The summed E-state index contributed by atoms with van der Waals surface area (Å²) in [6.45, 7) is 3.50. The van der Waals surface area contributed by atoms with Crippen molar-refractivity contribution in [1.29, 1.82) is 0 Å². The van der Waals surface area contributed by atoms with Crippen LogP contribution in [-0.2, 0) is 0 Å². The molecule has 2 amide bonds. The first-order valence-electron chi connectivity index (χ1n) is 5.40. The van der Waals surface area contributed by atoms with Gasteiger partial charge in [-0.15, -0.1) is 0 Å². The second-order valence-corrected chi connectivity index (χ2v) is 3.93. The Hall–Kier alpha value is -0.770. The molecule has 2 N–H and O–H groups in total. The normalized spacial score (nSPS) is 20.0. The number of amides is 2. The van der Waals surface area contributed by atoms with Crippen molar-refractivity contribution in [3.8, 4) is 0 Å². The Morgan fingerprint density at radius 3 is 2.43 bits per heavy atom. The molecule has 0 aromatic rings. The van der Waals surface area contributed by atoms with Crippen LogP contribution >= 0.6 is 0 Å². The van der Waals surface area contributed by atoms with E-state index in [0.29, 0.717) is 0 Å². The van der Waals surface area contributed by atoms with E-state index in [0.717, 1.165) is 25.9 Å². The third-order valence-electron chi connectivity index (χ3n) is 2.54. The highest BCUT2D eigenvalue weighted by atomic mass is 16.3. The maximum Gasteiger partial charge on any atom is 0.317 e. The van der Waals surface area contributed by atoms with E-state index in [2.05, 4.69) is 5.32 Å². The van der Waals surface area contributed by atoms with Crippen molar-refractivity contribution in [2.45, 2.75) is 38.6 Å². The Morgan fingerprint density at radius 2 is 1.93 bits per heavy atom.